The number of hydrogen-bond acceptors (Lipinski definition) is 2. The molecule has 1 fully saturated rings. The van der Waals surface area contributed by atoms with E-state index in [0.717, 1.165) is 29.7 Å². The van der Waals surface area contributed by atoms with E-state index < -0.39 is 0 Å². The second-order valence-corrected chi connectivity index (χ2v) is 5.36. The fourth-order valence-electron chi connectivity index (χ4n) is 2.03. The van der Waals surface area contributed by atoms with E-state index in [-0.39, 0.29) is 0 Å². The van der Waals surface area contributed by atoms with Crippen LogP contribution in [0, 0.1) is 0 Å². The monoisotopic (exact) mass is 260 g/mol. The standard InChI is InChI=1S/C15H20N2S/c1-2-13-18-15(17-11-7-4-8-12-17)16-14-9-5-3-6-10-14/h2-3,5-6,9-10H,1,4,7-8,11-13H2. The molecule has 0 unspecified atom stereocenters. The lowest BCUT2D eigenvalue weighted by Crippen LogP contribution is -2.34. The molecule has 0 N–H and O–H groups in total. The van der Waals surface area contributed by atoms with Crippen LogP contribution >= 0.6 is 11.8 Å². The molecule has 0 amide bonds. The van der Waals surface area contributed by atoms with E-state index in [1.54, 1.807) is 11.8 Å². The molecule has 0 aliphatic carbocycles. The van der Waals surface area contributed by atoms with Gasteiger partial charge in [-0.2, -0.15) is 0 Å². The quantitative estimate of drug-likeness (QED) is 0.462. The number of aliphatic imine (C=N–C) groups is 1. The van der Waals surface area contributed by atoms with E-state index in [2.05, 4.69) is 23.6 Å². The zero-order valence-electron chi connectivity index (χ0n) is 10.7. The lowest BCUT2D eigenvalue weighted by Gasteiger charge is -2.29. The molecular weight excluding hydrogens is 240 g/mol. The molecule has 0 aromatic heterocycles. The molecule has 0 radical (unpaired) electrons. The number of benzene rings is 1. The Hall–Kier alpha value is -1.22. The van der Waals surface area contributed by atoms with Crippen LogP contribution in [0.3, 0.4) is 0 Å². The molecule has 18 heavy (non-hydrogen) atoms. The molecular formula is C15H20N2S. The van der Waals surface area contributed by atoms with Crippen molar-refractivity contribution < 1.29 is 0 Å². The topological polar surface area (TPSA) is 15.6 Å². The Labute approximate surface area is 114 Å². The molecule has 1 aliphatic rings. The number of piperidine rings is 1. The van der Waals surface area contributed by atoms with Crippen molar-refractivity contribution in [3.63, 3.8) is 0 Å². The van der Waals surface area contributed by atoms with Crippen molar-refractivity contribution in [3.05, 3.63) is 43.0 Å². The van der Waals surface area contributed by atoms with E-state index in [4.69, 9.17) is 4.99 Å². The van der Waals surface area contributed by atoms with Gasteiger partial charge in [0.25, 0.3) is 0 Å². The molecule has 2 rings (SSSR count). The minimum absolute atomic E-state index is 0.919. The Morgan fingerprint density at radius 1 is 1.22 bits per heavy atom. The van der Waals surface area contributed by atoms with Gasteiger partial charge in [0.2, 0.25) is 0 Å². The van der Waals surface area contributed by atoms with Gasteiger partial charge in [-0.15, -0.1) is 6.58 Å². The van der Waals surface area contributed by atoms with Crippen molar-refractivity contribution in [2.24, 2.45) is 4.99 Å². The average Bonchev–Trinajstić information content (AvgIpc) is 2.45. The molecule has 96 valence electrons. The van der Waals surface area contributed by atoms with Gasteiger partial charge in [-0.25, -0.2) is 4.99 Å². The van der Waals surface area contributed by atoms with Gasteiger partial charge in [0.05, 0.1) is 5.69 Å². The van der Waals surface area contributed by atoms with Gasteiger partial charge in [-0.1, -0.05) is 36.0 Å². The molecule has 0 saturated carbocycles. The van der Waals surface area contributed by atoms with Gasteiger partial charge < -0.3 is 4.90 Å². The first-order valence-electron chi connectivity index (χ1n) is 6.52. The fourth-order valence-corrected chi connectivity index (χ4v) is 2.83. The van der Waals surface area contributed by atoms with Crippen molar-refractivity contribution in [1.29, 1.82) is 0 Å². The van der Waals surface area contributed by atoms with Gasteiger partial charge in [0.15, 0.2) is 5.17 Å². The van der Waals surface area contributed by atoms with Crippen molar-refractivity contribution in [2.75, 3.05) is 18.8 Å². The number of nitrogens with zero attached hydrogens (tertiary/aromatic N) is 2. The van der Waals surface area contributed by atoms with Crippen LogP contribution in [0.4, 0.5) is 5.69 Å². The van der Waals surface area contributed by atoms with E-state index >= 15 is 0 Å². The highest BCUT2D eigenvalue weighted by Crippen LogP contribution is 2.20. The molecule has 1 aliphatic heterocycles. The Kier molecular flexibility index (Phi) is 5.34. The lowest BCUT2D eigenvalue weighted by molar-refractivity contribution is 0.348. The summed E-state index contributed by atoms with van der Waals surface area (Å²) in [6, 6.07) is 10.2. The smallest absolute Gasteiger partial charge is 0.164 e. The third-order valence-electron chi connectivity index (χ3n) is 2.94. The van der Waals surface area contributed by atoms with Crippen LogP contribution in [-0.2, 0) is 0 Å². The Balaban J connectivity index is 2.12. The van der Waals surface area contributed by atoms with Gasteiger partial charge in [0, 0.05) is 18.8 Å². The number of amidine groups is 1. The van der Waals surface area contributed by atoms with E-state index in [0.29, 0.717) is 0 Å². The summed E-state index contributed by atoms with van der Waals surface area (Å²) < 4.78 is 0. The molecule has 1 aromatic rings. The van der Waals surface area contributed by atoms with Crippen LogP contribution in [0.15, 0.2) is 48.0 Å². The summed E-state index contributed by atoms with van der Waals surface area (Å²) in [4.78, 5) is 7.18. The van der Waals surface area contributed by atoms with Crippen LogP contribution in [0.5, 0.6) is 0 Å². The minimum Gasteiger partial charge on any atom is -0.351 e. The Morgan fingerprint density at radius 2 is 1.94 bits per heavy atom. The number of likely N-dealkylation sites (tertiary alicyclic amines) is 1. The maximum absolute atomic E-state index is 4.78. The molecule has 0 bridgehead atoms. The summed E-state index contributed by atoms with van der Waals surface area (Å²) in [6.07, 6.45) is 5.85. The van der Waals surface area contributed by atoms with Crippen molar-refractivity contribution in [2.45, 2.75) is 19.3 Å². The highest BCUT2D eigenvalue weighted by atomic mass is 32.2. The largest absolute Gasteiger partial charge is 0.351 e. The second kappa shape index (κ2) is 7.27. The van der Waals surface area contributed by atoms with Crippen LogP contribution in [-0.4, -0.2) is 28.9 Å². The summed E-state index contributed by atoms with van der Waals surface area (Å²) in [5, 5.41) is 1.14. The first-order chi connectivity index (χ1) is 8.90. The molecule has 1 aromatic carbocycles. The van der Waals surface area contributed by atoms with Gasteiger partial charge >= 0.3 is 0 Å². The number of thioether (sulfide) groups is 1. The van der Waals surface area contributed by atoms with Crippen LogP contribution in [0.25, 0.3) is 0 Å². The molecule has 2 nitrogen and oxygen atoms in total. The van der Waals surface area contributed by atoms with Crippen molar-refractivity contribution in [1.82, 2.24) is 4.90 Å². The third-order valence-corrected chi connectivity index (χ3v) is 3.95. The average molecular weight is 260 g/mol. The number of para-hydroxylation sites is 1. The normalized spacial score (nSPS) is 16.7. The van der Waals surface area contributed by atoms with Crippen LogP contribution in [0.1, 0.15) is 19.3 Å². The Bertz CT molecular complexity index is 394. The second-order valence-electron chi connectivity index (χ2n) is 4.38. The molecule has 3 heteroatoms. The zero-order chi connectivity index (χ0) is 12.6. The van der Waals surface area contributed by atoms with Crippen molar-refractivity contribution >= 4 is 22.6 Å². The maximum atomic E-state index is 4.78. The predicted molar refractivity (Wildman–Crippen MR) is 81.6 cm³/mol. The molecule has 0 atom stereocenters. The van der Waals surface area contributed by atoms with Crippen molar-refractivity contribution in [3.8, 4) is 0 Å². The summed E-state index contributed by atoms with van der Waals surface area (Å²) in [5.41, 5.74) is 1.04. The summed E-state index contributed by atoms with van der Waals surface area (Å²) >= 11 is 1.78. The zero-order valence-corrected chi connectivity index (χ0v) is 11.5. The lowest BCUT2D eigenvalue weighted by atomic mass is 10.1. The summed E-state index contributed by atoms with van der Waals surface area (Å²) in [7, 11) is 0. The number of rotatable bonds is 3. The molecule has 1 heterocycles. The highest BCUT2D eigenvalue weighted by Gasteiger charge is 2.14. The predicted octanol–water partition coefficient (Wildman–Crippen LogP) is 4.08. The van der Waals surface area contributed by atoms with E-state index in [1.807, 2.05) is 24.3 Å². The molecule has 1 saturated heterocycles. The van der Waals surface area contributed by atoms with Crippen LogP contribution in [0.2, 0.25) is 0 Å². The molecule has 0 spiro atoms. The van der Waals surface area contributed by atoms with Gasteiger partial charge in [-0.05, 0) is 31.4 Å². The SMILES string of the molecule is C=CCSC(=Nc1ccccc1)N1CCCCC1. The first-order valence-corrected chi connectivity index (χ1v) is 7.51. The van der Waals surface area contributed by atoms with Gasteiger partial charge in [0.1, 0.15) is 0 Å². The first kappa shape index (κ1) is 13.2. The fraction of sp³-hybridized carbons (Fsp3) is 0.400. The third kappa shape index (κ3) is 3.91. The number of hydrogen-bond donors (Lipinski definition) is 0. The van der Waals surface area contributed by atoms with Gasteiger partial charge in [-0.3, -0.25) is 0 Å². The summed E-state index contributed by atoms with van der Waals surface area (Å²) in [5.74, 6) is 0.919. The van der Waals surface area contributed by atoms with E-state index in [1.165, 1.54) is 19.3 Å². The Morgan fingerprint density at radius 3 is 2.61 bits per heavy atom. The minimum atomic E-state index is 0.919. The summed E-state index contributed by atoms with van der Waals surface area (Å²) in [6.45, 7) is 6.06. The van der Waals surface area contributed by atoms with E-state index in [9.17, 15) is 0 Å². The highest BCUT2D eigenvalue weighted by molar-refractivity contribution is 8.13. The maximum Gasteiger partial charge on any atom is 0.164 e. The van der Waals surface area contributed by atoms with Crippen LogP contribution < -0.4 is 0 Å².